The zero-order valence-corrected chi connectivity index (χ0v) is 13.4. The Morgan fingerprint density at radius 3 is 2.96 bits per heavy atom. The molecule has 3 rings (SSSR count). The number of para-hydroxylation sites is 1. The van der Waals surface area contributed by atoms with Gasteiger partial charge >= 0.3 is 0 Å². The molecule has 1 N–H and O–H groups in total. The van der Waals surface area contributed by atoms with E-state index in [0.29, 0.717) is 12.4 Å². The second-order valence-corrected chi connectivity index (χ2v) is 5.58. The lowest BCUT2D eigenvalue weighted by molar-refractivity contribution is -0.130. The second-order valence-electron chi connectivity index (χ2n) is 5.58. The maximum atomic E-state index is 12.5. The summed E-state index contributed by atoms with van der Waals surface area (Å²) in [6.07, 6.45) is 4.86. The fourth-order valence-electron chi connectivity index (χ4n) is 2.86. The molecule has 6 heteroatoms. The summed E-state index contributed by atoms with van der Waals surface area (Å²) >= 11 is 0. The number of aryl methyl sites for hydroxylation is 1. The first-order valence-electron chi connectivity index (χ1n) is 7.73. The molecule has 0 radical (unpaired) electrons. The molecule has 1 aliphatic heterocycles. The van der Waals surface area contributed by atoms with Crippen LogP contribution in [0.3, 0.4) is 0 Å². The van der Waals surface area contributed by atoms with Crippen LogP contribution in [0, 0.1) is 0 Å². The molecule has 1 aliphatic rings. The number of aromatic nitrogens is 2. The molecule has 1 aromatic carbocycles. The van der Waals surface area contributed by atoms with Gasteiger partial charge in [-0.15, -0.1) is 0 Å². The summed E-state index contributed by atoms with van der Waals surface area (Å²) in [6.45, 7) is 0.639. The number of carbonyl (C=O) groups excluding carboxylic acids is 1. The van der Waals surface area contributed by atoms with E-state index >= 15 is 0 Å². The number of hydrogen-bond acceptors (Lipinski definition) is 4. The van der Waals surface area contributed by atoms with E-state index in [0.717, 1.165) is 24.2 Å². The van der Waals surface area contributed by atoms with Crippen molar-refractivity contribution in [3.8, 4) is 5.75 Å². The van der Waals surface area contributed by atoms with Gasteiger partial charge in [0.25, 0.3) is 0 Å². The smallest absolute Gasteiger partial charge is 0.249 e. The summed E-state index contributed by atoms with van der Waals surface area (Å²) in [5.74, 6) is 1.36. The van der Waals surface area contributed by atoms with E-state index in [9.17, 15) is 4.79 Å². The van der Waals surface area contributed by atoms with Crippen LogP contribution >= 0.6 is 0 Å². The van der Waals surface area contributed by atoms with Crippen LogP contribution in [0.25, 0.3) is 0 Å². The molecule has 23 heavy (non-hydrogen) atoms. The van der Waals surface area contributed by atoms with Gasteiger partial charge in [0.1, 0.15) is 23.7 Å². The molecule has 1 aromatic heterocycles. The van der Waals surface area contributed by atoms with Crippen LogP contribution in [-0.2, 0) is 16.6 Å². The Hall–Kier alpha value is -2.34. The van der Waals surface area contributed by atoms with Crippen LogP contribution < -0.4 is 10.1 Å². The van der Waals surface area contributed by atoms with Gasteiger partial charge in [-0.3, -0.25) is 4.79 Å². The highest BCUT2D eigenvalue weighted by Crippen LogP contribution is 2.29. The van der Waals surface area contributed by atoms with Crippen molar-refractivity contribution in [1.29, 1.82) is 0 Å². The average Bonchev–Trinajstić information content (AvgIpc) is 3.24. The maximum absolute atomic E-state index is 12.5. The number of rotatable bonds is 5. The van der Waals surface area contributed by atoms with E-state index in [4.69, 9.17) is 9.47 Å². The Morgan fingerprint density at radius 2 is 2.30 bits per heavy atom. The molecule has 6 nitrogen and oxygen atoms in total. The van der Waals surface area contributed by atoms with Gasteiger partial charge in [-0.25, -0.2) is 4.98 Å². The quantitative estimate of drug-likeness (QED) is 0.914. The van der Waals surface area contributed by atoms with Crippen LogP contribution in [0.15, 0.2) is 36.7 Å². The number of nitrogens with one attached hydrogen (secondary N) is 1. The summed E-state index contributed by atoms with van der Waals surface area (Å²) in [5.41, 5.74) is 0.871. The van der Waals surface area contributed by atoms with Crippen molar-refractivity contribution in [2.75, 3.05) is 13.7 Å². The van der Waals surface area contributed by atoms with Crippen LogP contribution in [-0.4, -0.2) is 35.3 Å². The third kappa shape index (κ3) is 3.22. The minimum absolute atomic E-state index is 0.110. The molecule has 2 heterocycles. The second kappa shape index (κ2) is 6.83. The van der Waals surface area contributed by atoms with Crippen molar-refractivity contribution in [3.05, 3.63) is 48.0 Å². The molecule has 2 aromatic rings. The number of carbonyl (C=O) groups is 1. The number of imidazole rings is 1. The first-order chi connectivity index (χ1) is 11.2. The Labute approximate surface area is 135 Å². The molecule has 1 amide bonds. The fourth-order valence-corrected chi connectivity index (χ4v) is 2.86. The molecule has 2 unspecified atom stereocenters. The summed E-state index contributed by atoms with van der Waals surface area (Å²) in [7, 11) is 3.53. The van der Waals surface area contributed by atoms with E-state index in [-0.39, 0.29) is 18.1 Å². The largest absolute Gasteiger partial charge is 0.496 e. The van der Waals surface area contributed by atoms with Gasteiger partial charge in [0.15, 0.2) is 0 Å². The lowest BCUT2D eigenvalue weighted by atomic mass is 10.0. The minimum Gasteiger partial charge on any atom is -0.496 e. The molecular weight excluding hydrogens is 294 g/mol. The Bertz CT molecular complexity index is 677. The average molecular weight is 315 g/mol. The molecule has 0 saturated carbocycles. The SMILES string of the molecule is COc1ccccc1C(NC(=O)C1CCCO1)c1nccn1C. The number of hydrogen-bond donors (Lipinski definition) is 1. The lowest BCUT2D eigenvalue weighted by Crippen LogP contribution is -2.38. The standard InChI is InChI=1S/C17H21N3O3/c1-20-10-9-18-16(20)15(12-6-3-4-7-13(12)22-2)19-17(21)14-8-5-11-23-14/h3-4,6-7,9-10,14-15H,5,8,11H2,1-2H3,(H,19,21). The van der Waals surface area contributed by atoms with E-state index in [1.54, 1.807) is 13.3 Å². The first-order valence-corrected chi connectivity index (χ1v) is 7.73. The molecule has 0 aliphatic carbocycles. The molecule has 0 spiro atoms. The van der Waals surface area contributed by atoms with Crippen molar-refractivity contribution in [2.45, 2.75) is 25.0 Å². The monoisotopic (exact) mass is 315 g/mol. The molecule has 1 fully saturated rings. The van der Waals surface area contributed by atoms with Gasteiger partial charge in [0.2, 0.25) is 5.91 Å². The topological polar surface area (TPSA) is 65.4 Å². The molecule has 0 bridgehead atoms. The number of nitrogens with zero attached hydrogens (tertiary/aromatic N) is 2. The molecule has 122 valence electrons. The van der Waals surface area contributed by atoms with Gasteiger partial charge in [-0.05, 0) is 18.9 Å². The van der Waals surface area contributed by atoms with Crippen LogP contribution in [0.4, 0.5) is 0 Å². The highest BCUT2D eigenvalue weighted by Gasteiger charge is 2.29. The number of benzene rings is 1. The number of methoxy groups -OCH3 is 1. The third-order valence-corrected chi connectivity index (χ3v) is 4.08. The van der Waals surface area contributed by atoms with Crippen molar-refractivity contribution >= 4 is 5.91 Å². The summed E-state index contributed by atoms with van der Waals surface area (Å²) in [6, 6.07) is 7.26. The normalized spacial score (nSPS) is 18.6. The van der Waals surface area contributed by atoms with E-state index in [2.05, 4.69) is 10.3 Å². The molecular formula is C17H21N3O3. The third-order valence-electron chi connectivity index (χ3n) is 4.08. The minimum atomic E-state index is -0.386. The summed E-state index contributed by atoms with van der Waals surface area (Å²) < 4.78 is 12.8. The maximum Gasteiger partial charge on any atom is 0.249 e. The Balaban J connectivity index is 1.94. The zero-order valence-electron chi connectivity index (χ0n) is 13.4. The van der Waals surface area contributed by atoms with Gasteiger partial charge in [0.05, 0.1) is 7.11 Å². The molecule has 1 saturated heterocycles. The van der Waals surface area contributed by atoms with Gasteiger partial charge in [-0.1, -0.05) is 18.2 Å². The van der Waals surface area contributed by atoms with Crippen LogP contribution in [0.1, 0.15) is 30.3 Å². The summed E-state index contributed by atoms with van der Waals surface area (Å²) in [5, 5.41) is 3.07. The predicted molar refractivity (Wildman–Crippen MR) is 85.2 cm³/mol. The first kappa shape index (κ1) is 15.6. The summed E-state index contributed by atoms with van der Waals surface area (Å²) in [4.78, 5) is 16.9. The lowest BCUT2D eigenvalue weighted by Gasteiger charge is -2.22. The van der Waals surface area contributed by atoms with Gasteiger partial charge in [-0.2, -0.15) is 0 Å². The van der Waals surface area contributed by atoms with E-state index in [1.807, 2.05) is 42.1 Å². The Kier molecular flexibility index (Phi) is 4.62. The van der Waals surface area contributed by atoms with E-state index in [1.165, 1.54) is 0 Å². The van der Waals surface area contributed by atoms with Crippen molar-refractivity contribution in [1.82, 2.24) is 14.9 Å². The van der Waals surface area contributed by atoms with Gasteiger partial charge < -0.3 is 19.4 Å². The van der Waals surface area contributed by atoms with Gasteiger partial charge in [0, 0.05) is 31.6 Å². The number of ether oxygens (including phenoxy) is 2. The zero-order chi connectivity index (χ0) is 16.2. The highest BCUT2D eigenvalue weighted by atomic mass is 16.5. The van der Waals surface area contributed by atoms with E-state index < -0.39 is 0 Å². The highest BCUT2D eigenvalue weighted by molar-refractivity contribution is 5.81. The Morgan fingerprint density at radius 1 is 1.48 bits per heavy atom. The van der Waals surface area contributed by atoms with Crippen LogP contribution in [0.5, 0.6) is 5.75 Å². The van der Waals surface area contributed by atoms with Crippen molar-refractivity contribution < 1.29 is 14.3 Å². The fraction of sp³-hybridized carbons (Fsp3) is 0.412. The van der Waals surface area contributed by atoms with Crippen LogP contribution in [0.2, 0.25) is 0 Å². The predicted octanol–water partition coefficient (Wildman–Crippen LogP) is 1.81. The number of amides is 1. The molecule has 2 atom stereocenters. The van der Waals surface area contributed by atoms with Crippen molar-refractivity contribution in [3.63, 3.8) is 0 Å². The van der Waals surface area contributed by atoms with Crippen molar-refractivity contribution in [2.24, 2.45) is 7.05 Å².